The van der Waals surface area contributed by atoms with Gasteiger partial charge in [0.25, 0.3) is 0 Å². The van der Waals surface area contributed by atoms with E-state index >= 15 is 0 Å². The molecule has 0 aliphatic heterocycles. The Hall–Kier alpha value is -7.98. The maximum atomic E-state index is 6.41. The Morgan fingerprint density at radius 3 is 1.50 bits per heavy atom. The number of rotatable bonds is 3. The number of hydrogen-bond acceptors (Lipinski definition) is 3. The molecule has 2 aromatic heterocycles. The van der Waals surface area contributed by atoms with Crippen molar-refractivity contribution in [1.82, 2.24) is 0 Å². The third kappa shape index (κ3) is 5.41. The zero-order valence-electron chi connectivity index (χ0n) is 36.5. The molecule has 66 heavy (non-hydrogen) atoms. The monoisotopic (exact) mass is 859 g/mol. The van der Waals surface area contributed by atoms with Crippen molar-refractivity contribution in [1.29, 1.82) is 0 Å². The Bertz CT molecular complexity index is 4280. The molecule has 0 amide bonds. The van der Waals surface area contributed by atoms with Crippen LogP contribution in [0.15, 0.2) is 217 Å². The van der Waals surface area contributed by atoms with E-state index in [9.17, 15) is 0 Å². The van der Waals surface area contributed by atoms with Gasteiger partial charge in [0.05, 0.1) is 0 Å². The molecule has 1 aliphatic carbocycles. The van der Waals surface area contributed by atoms with Crippen LogP contribution in [0.4, 0.5) is 17.1 Å². The highest BCUT2D eigenvalue weighted by Crippen LogP contribution is 2.51. The van der Waals surface area contributed by atoms with E-state index in [1.807, 2.05) is 17.4 Å². The van der Waals surface area contributed by atoms with Gasteiger partial charge in [0, 0.05) is 53.4 Å². The quantitative estimate of drug-likeness (QED) is 0.176. The molecule has 310 valence electrons. The van der Waals surface area contributed by atoms with Crippen molar-refractivity contribution in [3.63, 3.8) is 0 Å². The van der Waals surface area contributed by atoms with Gasteiger partial charge >= 0.3 is 0 Å². The second kappa shape index (κ2) is 14.0. The summed E-state index contributed by atoms with van der Waals surface area (Å²) in [4.78, 5) is 2.47. The fourth-order valence-electron chi connectivity index (χ4n) is 11.3. The van der Waals surface area contributed by atoms with Crippen LogP contribution in [-0.4, -0.2) is 0 Å². The maximum Gasteiger partial charge on any atom is 0.135 e. The largest absolute Gasteiger partial charge is 0.456 e. The summed E-state index contributed by atoms with van der Waals surface area (Å²) in [5.41, 5.74) is 10.2. The average Bonchev–Trinajstić information content (AvgIpc) is 4.00. The fourth-order valence-corrected chi connectivity index (χ4v) is 12.5. The lowest BCUT2D eigenvalue weighted by molar-refractivity contribution is 0.660. The van der Waals surface area contributed by atoms with Gasteiger partial charge in [-0.1, -0.05) is 159 Å². The van der Waals surface area contributed by atoms with Crippen LogP contribution < -0.4 is 4.90 Å². The lowest BCUT2D eigenvalue weighted by Crippen LogP contribution is -2.16. The van der Waals surface area contributed by atoms with Crippen LogP contribution in [0.3, 0.4) is 0 Å². The van der Waals surface area contributed by atoms with Crippen molar-refractivity contribution in [3.8, 4) is 11.1 Å². The third-order valence-electron chi connectivity index (χ3n) is 14.5. The summed E-state index contributed by atoms with van der Waals surface area (Å²) in [5.74, 6) is 0. The summed E-state index contributed by atoms with van der Waals surface area (Å²) in [7, 11) is 0. The number of thiophene rings is 1. The van der Waals surface area contributed by atoms with Crippen LogP contribution in [0.5, 0.6) is 0 Å². The van der Waals surface area contributed by atoms with E-state index in [-0.39, 0.29) is 5.41 Å². The Kier molecular flexibility index (Phi) is 7.94. The van der Waals surface area contributed by atoms with Crippen molar-refractivity contribution < 1.29 is 4.42 Å². The van der Waals surface area contributed by atoms with Gasteiger partial charge in [-0.15, -0.1) is 11.3 Å². The van der Waals surface area contributed by atoms with Crippen LogP contribution >= 0.6 is 11.3 Å². The van der Waals surface area contributed by atoms with Crippen molar-refractivity contribution in [2.24, 2.45) is 0 Å². The average molecular weight is 860 g/mol. The standard InChI is InChI=1S/C63H41NOS/c1-63(2)57-24-12-9-21-48(57)49-31-28-40(35-58(49)63)64(39-29-32-60-55(34-39)50-22-10-13-25-59(50)65-60)38-27-30-47-45-19-6-5-17-43(45)41-15-3-4-16-42(41)44-18-7-8-20-46(44)54-37-62-56(36-53(54)52(47)33-38)51-23-11-14-26-61(51)66-62/h3-37H,1-2H3. The van der Waals surface area contributed by atoms with Gasteiger partial charge in [0.2, 0.25) is 0 Å². The van der Waals surface area contributed by atoms with Crippen molar-refractivity contribution in [2.75, 3.05) is 4.90 Å². The molecule has 14 rings (SSSR count). The Labute approximate surface area is 385 Å². The molecule has 0 fully saturated rings. The van der Waals surface area contributed by atoms with Gasteiger partial charge in [-0.05, 0) is 143 Å². The second-order valence-corrected chi connectivity index (χ2v) is 19.5. The van der Waals surface area contributed by atoms with Gasteiger partial charge in [0.15, 0.2) is 0 Å². The molecule has 0 radical (unpaired) electrons. The van der Waals surface area contributed by atoms with E-state index in [1.165, 1.54) is 96.3 Å². The molecule has 0 N–H and O–H groups in total. The van der Waals surface area contributed by atoms with Gasteiger partial charge in [-0.25, -0.2) is 0 Å². The number of fused-ring (bicyclic) bond motifs is 19. The Morgan fingerprint density at radius 2 is 0.788 bits per heavy atom. The summed E-state index contributed by atoms with van der Waals surface area (Å²) in [6.07, 6.45) is 0. The minimum absolute atomic E-state index is 0.165. The minimum Gasteiger partial charge on any atom is -0.456 e. The molecule has 0 saturated carbocycles. The van der Waals surface area contributed by atoms with E-state index < -0.39 is 0 Å². The molecule has 11 aromatic carbocycles. The number of anilines is 3. The maximum absolute atomic E-state index is 6.41. The lowest BCUT2D eigenvalue weighted by Gasteiger charge is -2.28. The molecule has 0 spiro atoms. The molecule has 0 atom stereocenters. The van der Waals surface area contributed by atoms with Gasteiger partial charge < -0.3 is 9.32 Å². The van der Waals surface area contributed by atoms with Crippen LogP contribution in [0.1, 0.15) is 25.0 Å². The number of nitrogens with zero attached hydrogens (tertiary/aromatic N) is 1. The second-order valence-electron chi connectivity index (χ2n) is 18.4. The molecule has 13 aromatic rings. The predicted octanol–water partition coefficient (Wildman–Crippen LogP) is 18.6. The normalized spacial score (nSPS) is 13.1. The Balaban J connectivity index is 1.15. The first kappa shape index (κ1) is 37.4. The summed E-state index contributed by atoms with van der Waals surface area (Å²) in [6, 6.07) is 79.0. The molecule has 0 bridgehead atoms. The van der Waals surface area contributed by atoms with Crippen molar-refractivity contribution in [3.05, 3.63) is 223 Å². The van der Waals surface area contributed by atoms with Gasteiger partial charge in [-0.3, -0.25) is 0 Å². The highest BCUT2D eigenvalue weighted by Gasteiger charge is 2.36. The van der Waals surface area contributed by atoms with Crippen LogP contribution in [0, 0.1) is 0 Å². The molecular weight excluding hydrogens is 819 g/mol. The first-order valence-electron chi connectivity index (χ1n) is 22.8. The predicted molar refractivity (Wildman–Crippen MR) is 284 cm³/mol. The minimum atomic E-state index is -0.165. The molecule has 0 saturated heterocycles. The van der Waals surface area contributed by atoms with E-state index in [2.05, 4.69) is 225 Å². The van der Waals surface area contributed by atoms with Crippen LogP contribution in [-0.2, 0) is 5.41 Å². The molecule has 3 heteroatoms. The summed E-state index contributed by atoms with van der Waals surface area (Å²) in [6.45, 7) is 4.73. The number of benzene rings is 10. The van der Waals surface area contributed by atoms with E-state index in [1.54, 1.807) is 0 Å². The molecule has 1 aliphatic rings. The number of para-hydroxylation sites is 1. The highest BCUT2D eigenvalue weighted by molar-refractivity contribution is 7.25. The van der Waals surface area contributed by atoms with Gasteiger partial charge in [0.1, 0.15) is 11.2 Å². The molecule has 2 nitrogen and oxygen atoms in total. The third-order valence-corrected chi connectivity index (χ3v) is 15.6. The van der Waals surface area contributed by atoms with Crippen molar-refractivity contribution in [2.45, 2.75) is 19.3 Å². The first-order valence-corrected chi connectivity index (χ1v) is 23.6. The topological polar surface area (TPSA) is 16.4 Å². The van der Waals surface area contributed by atoms with Crippen molar-refractivity contribution >= 4 is 124 Å². The van der Waals surface area contributed by atoms with Crippen LogP contribution in [0.25, 0.3) is 107 Å². The zero-order chi connectivity index (χ0) is 43.7. The zero-order valence-corrected chi connectivity index (χ0v) is 37.3. The molecule has 0 unspecified atom stereocenters. The smallest absolute Gasteiger partial charge is 0.135 e. The first-order chi connectivity index (χ1) is 32.5. The van der Waals surface area contributed by atoms with E-state index in [0.717, 1.165) is 39.0 Å². The summed E-state index contributed by atoms with van der Waals surface area (Å²) < 4.78 is 9.00. The highest BCUT2D eigenvalue weighted by atomic mass is 32.1. The number of furan rings is 1. The SMILES string of the molecule is CC1(C)c2ccccc2-c2ccc(N(c3ccc4oc5ccccc5c4c3)c3ccc4c5ccccc5c5ccccc5c5ccccc5c5cc6sc7ccccc7c6cc5c4c3)cc21. The molecule has 2 heterocycles. The van der Waals surface area contributed by atoms with Gasteiger partial charge in [-0.2, -0.15) is 0 Å². The van der Waals surface area contributed by atoms with Crippen LogP contribution in [0.2, 0.25) is 0 Å². The van der Waals surface area contributed by atoms with E-state index in [4.69, 9.17) is 4.42 Å². The summed E-state index contributed by atoms with van der Waals surface area (Å²) in [5, 5.41) is 17.0. The molecular formula is C63H41NOS. The number of hydrogen-bond donors (Lipinski definition) is 0. The van der Waals surface area contributed by atoms with E-state index in [0.29, 0.717) is 0 Å². The fraction of sp³-hybridized carbons (Fsp3) is 0.0476. The Morgan fingerprint density at radius 1 is 0.318 bits per heavy atom. The lowest BCUT2D eigenvalue weighted by atomic mass is 9.82. The summed E-state index contributed by atoms with van der Waals surface area (Å²) >= 11 is 1.88.